The highest BCUT2D eigenvalue weighted by atomic mass is 19.1. The van der Waals surface area contributed by atoms with Gasteiger partial charge in [0.2, 0.25) is 5.78 Å². The summed E-state index contributed by atoms with van der Waals surface area (Å²) >= 11 is 0. The minimum Gasteiger partial charge on any atom is -0.479 e. The fourth-order valence-corrected chi connectivity index (χ4v) is 2.39. The van der Waals surface area contributed by atoms with Crippen molar-refractivity contribution in [3.05, 3.63) is 52.6 Å². The van der Waals surface area contributed by atoms with Crippen LogP contribution < -0.4 is 4.74 Å². The lowest BCUT2D eigenvalue weighted by Gasteiger charge is -2.14. The molecule has 0 unspecified atom stereocenters. The first-order valence-electron chi connectivity index (χ1n) is 7.09. The van der Waals surface area contributed by atoms with Crippen LogP contribution in [0.5, 0.6) is 5.75 Å². The molecule has 1 aromatic carbocycles. The van der Waals surface area contributed by atoms with Gasteiger partial charge < -0.3 is 14.5 Å². The zero-order chi connectivity index (χ0) is 17.1. The summed E-state index contributed by atoms with van der Waals surface area (Å²) in [6.07, 6.45) is -0.908. The largest absolute Gasteiger partial charge is 0.479 e. The maximum atomic E-state index is 13.6. The van der Waals surface area contributed by atoms with Crippen molar-refractivity contribution in [1.29, 1.82) is 0 Å². The quantitative estimate of drug-likeness (QED) is 0.679. The SMILES string of the molecule is COC(=O)c1c(C)[nH]c(C(=O)[C@H](C)Oc2ccccc2F)c1C. The minimum absolute atomic E-state index is 0.00229. The summed E-state index contributed by atoms with van der Waals surface area (Å²) in [6, 6.07) is 5.86. The number of hydrogen-bond donors (Lipinski definition) is 1. The molecule has 0 saturated carbocycles. The third-order valence-electron chi connectivity index (χ3n) is 3.58. The van der Waals surface area contributed by atoms with Gasteiger partial charge in [0.1, 0.15) is 0 Å². The van der Waals surface area contributed by atoms with Crippen LogP contribution in [-0.2, 0) is 4.74 Å². The van der Waals surface area contributed by atoms with Crippen molar-refractivity contribution in [2.75, 3.05) is 7.11 Å². The molecule has 2 rings (SSSR count). The highest BCUT2D eigenvalue weighted by Gasteiger charge is 2.26. The van der Waals surface area contributed by atoms with E-state index in [0.717, 1.165) is 0 Å². The number of methoxy groups -OCH3 is 1. The summed E-state index contributed by atoms with van der Waals surface area (Å²) in [4.78, 5) is 27.2. The summed E-state index contributed by atoms with van der Waals surface area (Å²) in [7, 11) is 1.28. The molecule has 0 aliphatic carbocycles. The summed E-state index contributed by atoms with van der Waals surface area (Å²) in [5, 5.41) is 0. The highest BCUT2D eigenvalue weighted by Crippen LogP contribution is 2.22. The topological polar surface area (TPSA) is 68.4 Å². The number of hydrogen-bond acceptors (Lipinski definition) is 4. The number of nitrogens with one attached hydrogen (secondary N) is 1. The summed E-state index contributed by atoms with van der Waals surface area (Å²) in [5.74, 6) is -1.42. The maximum absolute atomic E-state index is 13.6. The standard InChI is InChI=1S/C17H18FNO4/c1-9-14(17(21)22-4)10(2)19-15(9)16(20)11(3)23-13-8-6-5-7-12(13)18/h5-8,11,19H,1-4H3/t11-/m0/s1. The average molecular weight is 319 g/mol. The molecule has 0 aliphatic rings. The van der Waals surface area contributed by atoms with Crippen molar-refractivity contribution < 1.29 is 23.5 Å². The number of carbonyl (C=O) groups is 2. The van der Waals surface area contributed by atoms with Gasteiger partial charge in [0.25, 0.3) is 0 Å². The Bertz CT molecular complexity index is 751. The maximum Gasteiger partial charge on any atom is 0.339 e. The summed E-state index contributed by atoms with van der Waals surface area (Å²) < 4.78 is 23.7. The third kappa shape index (κ3) is 3.26. The van der Waals surface area contributed by atoms with Gasteiger partial charge in [-0.1, -0.05) is 12.1 Å². The molecular weight excluding hydrogens is 301 g/mol. The number of ether oxygens (including phenoxy) is 2. The molecule has 122 valence electrons. The average Bonchev–Trinajstić information content (AvgIpc) is 2.82. The molecule has 2 aromatic rings. The number of para-hydroxylation sites is 1. The molecule has 0 aliphatic heterocycles. The predicted molar refractivity (Wildman–Crippen MR) is 82.4 cm³/mol. The Kier molecular flexibility index (Phi) is 4.83. The van der Waals surface area contributed by atoms with Gasteiger partial charge in [-0.15, -0.1) is 0 Å². The molecule has 5 nitrogen and oxygen atoms in total. The molecule has 1 N–H and O–H groups in total. The van der Waals surface area contributed by atoms with Crippen molar-refractivity contribution >= 4 is 11.8 Å². The number of Topliss-reactive ketones (excluding diaryl/α,β-unsaturated/α-hetero) is 1. The van der Waals surface area contributed by atoms with Crippen LogP contribution in [0.25, 0.3) is 0 Å². The Morgan fingerprint density at radius 3 is 2.48 bits per heavy atom. The van der Waals surface area contributed by atoms with Crippen molar-refractivity contribution in [1.82, 2.24) is 4.98 Å². The van der Waals surface area contributed by atoms with Crippen LogP contribution in [0.2, 0.25) is 0 Å². The molecule has 0 amide bonds. The van der Waals surface area contributed by atoms with Crippen LogP contribution in [0.1, 0.15) is 39.0 Å². The number of ketones is 1. The third-order valence-corrected chi connectivity index (χ3v) is 3.58. The van der Waals surface area contributed by atoms with E-state index in [2.05, 4.69) is 4.98 Å². The fourth-order valence-electron chi connectivity index (χ4n) is 2.39. The zero-order valence-corrected chi connectivity index (χ0v) is 13.4. The second-order valence-corrected chi connectivity index (χ2v) is 5.17. The fraction of sp³-hybridized carbons (Fsp3) is 0.294. The number of aryl methyl sites for hydroxylation is 1. The monoisotopic (exact) mass is 319 g/mol. The van der Waals surface area contributed by atoms with Gasteiger partial charge in [-0.25, -0.2) is 9.18 Å². The van der Waals surface area contributed by atoms with E-state index in [1.165, 1.54) is 32.2 Å². The Balaban J connectivity index is 2.27. The molecular formula is C17H18FNO4. The Labute approximate surface area is 133 Å². The lowest BCUT2D eigenvalue weighted by Crippen LogP contribution is -2.25. The molecule has 0 spiro atoms. The van der Waals surface area contributed by atoms with Crippen molar-refractivity contribution in [3.63, 3.8) is 0 Å². The number of carbonyl (C=O) groups excluding carboxylic acids is 2. The molecule has 1 aromatic heterocycles. The second kappa shape index (κ2) is 6.64. The molecule has 0 radical (unpaired) electrons. The summed E-state index contributed by atoms with van der Waals surface area (Å²) in [6.45, 7) is 4.86. The van der Waals surface area contributed by atoms with Gasteiger partial charge >= 0.3 is 5.97 Å². The van der Waals surface area contributed by atoms with Gasteiger partial charge in [-0.05, 0) is 38.5 Å². The van der Waals surface area contributed by atoms with Crippen LogP contribution in [-0.4, -0.2) is 30.0 Å². The molecule has 6 heteroatoms. The molecule has 1 atom stereocenters. The Morgan fingerprint density at radius 2 is 1.87 bits per heavy atom. The van der Waals surface area contributed by atoms with E-state index in [-0.39, 0.29) is 17.2 Å². The normalized spacial score (nSPS) is 11.9. The lowest BCUT2D eigenvalue weighted by atomic mass is 10.1. The van der Waals surface area contributed by atoms with E-state index in [1.807, 2.05) is 0 Å². The molecule has 0 saturated heterocycles. The molecule has 1 heterocycles. The van der Waals surface area contributed by atoms with E-state index in [9.17, 15) is 14.0 Å². The predicted octanol–water partition coefficient (Wildman–Crippen LogP) is 3.21. The van der Waals surface area contributed by atoms with Gasteiger partial charge in [0.15, 0.2) is 17.7 Å². The van der Waals surface area contributed by atoms with Crippen LogP contribution >= 0.6 is 0 Å². The van der Waals surface area contributed by atoms with Gasteiger partial charge in [0.05, 0.1) is 18.4 Å². The number of H-pyrrole nitrogens is 1. The minimum atomic E-state index is -0.908. The number of aromatic nitrogens is 1. The highest BCUT2D eigenvalue weighted by molar-refractivity contribution is 6.03. The van der Waals surface area contributed by atoms with Crippen molar-refractivity contribution in [3.8, 4) is 5.75 Å². The van der Waals surface area contributed by atoms with Crippen LogP contribution in [0.15, 0.2) is 24.3 Å². The molecule has 0 fully saturated rings. The number of benzene rings is 1. The van der Waals surface area contributed by atoms with Crippen molar-refractivity contribution in [2.24, 2.45) is 0 Å². The van der Waals surface area contributed by atoms with Crippen LogP contribution in [0.4, 0.5) is 4.39 Å². The van der Waals surface area contributed by atoms with E-state index < -0.39 is 17.9 Å². The first kappa shape index (κ1) is 16.7. The van der Waals surface area contributed by atoms with Crippen molar-refractivity contribution in [2.45, 2.75) is 26.9 Å². The van der Waals surface area contributed by atoms with E-state index >= 15 is 0 Å². The van der Waals surface area contributed by atoms with Gasteiger partial charge in [0, 0.05) is 5.69 Å². The number of rotatable bonds is 5. The number of esters is 1. The van der Waals surface area contributed by atoms with Gasteiger partial charge in [-0.3, -0.25) is 4.79 Å². The smallest absolute Gasteiger partial charge is 0.339 e. The first-order valence-corrected chi connectivity index (χ1v) is 7.09. The number of aromatic amines is 1. The second-order valence-electron chi connectivity index (χ2n) is 5.17. The Hall–Kier alpha value is -2.63. The van der Waals surface area contributed by atoms with E-state index in [0.29, 0.717) is 16.8 Å². The molecule has 0 bridgehead atoms. The molecule has 23 heavy (non-hydrogen) atoms. The first-order chi connectivity index (χ1) is 10.9. The zero-order valence-electron chi connectivity index (χ0n) is 13.4. The Morgan fingerprint density at radius 1 is 1.22 bits per heavy atom. The number of halogens is 1. The van der Waals surface area contributed by atoms with Crippen LogP contribution in [0, 0.1) is 19.7 Å². The van der Waals surface area contributed by atoms with Crippen LogP contribution in [0.3, 0.4) is 0 Å². The lowest BCUT2D eigenvalue weighted by molar-refractivity contribution is 0.0599. The summed E-state index contributed by atoms with van der Waals surface area (Å²) in [5.41, 5.74) is 1.61. The van der Waals surface area contributed by atoms with Gasteiger partial charge in [-0.2, -0.15) is 0 Å². The van der Waals surface area contributed by atoms with E-state index in [1.54, 1.807) is 19.9 Å². The van der Waals surface area contributed by atoms with E-state index in [4.69, 9.17) is 9.47 Å².